The molecule has 0 heterocycles. The van der Waals surface area contributed by atoms with Crippen molar-refractivity contribution >= 4 is 17.3 Å². The standard InChI is InChI=1S/C16H18N2O3/c1-21-11-16(20)18-14-6-3-5-13(9-14)17-10-12-4-2-7-15(19)8-12/h2-9,17,19H,10-11H2,1H3,(H,18,20). The van der Waals surface area contributed by atoms with Crippen LogP contribution < -0.4 is 10.6 Å². The molecule has 0 unspecified atom stereocenters. The lowest BCUT2D eigenvalue weighted by atomic mass is 10.2. The first kappa shape index (κ1) is 14.9. The van der Waals surface area contributed by atoms with Crippen LogP contribution in [0.3, 0.4) is 0 Å². The van der Waals surface area contributed by atoms with Gasteiger partial charge >= 0.3 is 0 Å². The summed E-state index contributed by atoms with van der Waals surface area (Å²) in [4.78, 5) is 11.5. The van der Waals surface area contributed by atoms with Crippen molar-refractivity contribution in [1.29, 1.82) is 0 Å². The first-order valence-electron chi connectivity index (χ1n) is 6.58. The number of amides is 1. The summed E-state index contributed by atoms with van der Waals surface area (Å²) in [6.07, 6.45) is 0. The molecule has 0 fully saturated rings. The lowest BCUT2D eigenvalue weighted by Crippen LogP contribution is -2.17. The van der Waals surface area contributed by atoms with Gasteiger partial charge in [0.15, 0.2) is 0 Å². The molecule has 2 aromatic rings. The van der Waals surface area contributed by atoms with E-state index in [1.807, 2.05) is 30.3 Å². The predicted octanol–water partition coefficient (Wildman–Crippen LogP) is 2.59. The van der Waals surface area contributed by atoms with Gasteiger partial charge < -0.3 is 20.5 Å². The van der Waals surface area contributed by atoms with Crippen molar-refractivity contribution in [3.63, 3.8) is 0 Å². The van der Waals surface area contributed by atoms with E-state index in [2.05, 4.69) is 10.6 Å². The van der Waals surface area contributed by atoms with Crippen LogP contribution in [-0.2, 0) is 16.1 Å². The molecule has 1 amide bonds. The summed E-state index contributed by atoms with van der Waals surface area (Å²) in [5, 5.41) is 15.4. The van der Waals surface area contributed by atoms with E-state index in [0.29, 0.717) is 12.2 Å². The Bertz CT molecular complexity index is 614. The maximum atomic E-state index is 11.5. The first-order chi connectivity index (χ1) is 10.2. The van der Waals surface area contributed by atoms with Gasteiger partial charge in [-0.25, -0.2) is 0 Å². The summed E-state index contributed by atoms with van der Waals surface area (Å²) in [6, 6.07) is 14.5. The summed E-state index contributed by atoms with van der Waals surface area (Å²) < 4.78 is 4.77. The second-order valence-electron chi connectivity index (χ2n) is 4.59. The Hall–Kier alpha value is -2.53. The van der Waals surface area contributed by atoms with Crippen molar-refractivity contribution in [1.82, 2.24) is 0 Å². The van der Waals surface area contributed by atoms with Crippen molar-refractivity contribution in [2.75, 3.05) is 24.4 Å². The molecule has 3 N–H and O–H groups in total. The number of carbonyl (C=O) groups excluding carboxylic acids is 1. The Morgan fingerprint density at radius 2 is 1.90 bits per heavy atom. The number of aromatic hydroxyl groups is 1. The number of hydrogen-bond donors (Lipinski definition) is 3. The summed E-state index contributed by atoms with van der Waals surface area (Å²) in [6.45, 7) is 0.616. The van der Waals surface area contributed by atoms with Gasteiger partial charge in [-0.05, 0) is 35.9 Å². The fraction of sp³-hybridized carbons (Fsp3) is 0.188. The van der Waals surface area contributed by atoms with Gasteiger partial charge in [0, 0.05) is 25.0 Å². The SMILES string of the molecule is COCC(=O)Nc1cccc(NCc2cccc(O)c2)c1. The Balaban J connectivity index is 1.96. The molecular weight excluding hydrogens is 268 g/mol. The van der Waals surface area contributed by atoms with Crippen LogP contribution in [0.1, 0.15) is 5.56 Å². The highest BCUT2D eigenvalue weighted by atomic mass is 16.5. The predicted molar refractivity (Wildman–Crippen MR) is 82.4 cm³/mol. The molecule has 0 bridgehead atoms. The average Bonchev–Trinajstić information content (AvgIpc) is 2.46. The highest BCUT2D eigenvalue weighted by Gasteiger charge is 2.02. The Morgan fingerprint density at radius 1 is 1.14 bits per heavy atom. The lowest BCUT2D eigenvalue weighted by molar-refractivity contribution is -0.119. The zero-order chi connectivity index (χ0) is 15.1. The molecule has 0 aliphatic heterocycles. The Morgan fingerprint density at radius 3 is 2.67 bits per heavy atom. The smallest absolute Gasteiger partial charge is 0.250 e. The number of rotatable bonds is 6. The maximum absolute atomic E-state index is 11.5. The van der Waals surface area contributed by atoms with Crippen LogP contribution in [0.2, 0.25) is 0 Å². The third kappa shape index (κ3) is 4.81. The molecule has 0 aliphatic carbocycles. The molecule has 0 spiro atoms. The first-order valence-corrected chi connectivity index (χ1v) is 6.58. The molecule has 0 radical (unpaired) electrons. The fourth-order valence-electron chi connectivity index (χ4n) is 1.91. The number of nitrogens with one attached hydrogen (secondary N) is 2. The molecule has 110 valence electrons. The molecule has 0 atom stereocenters. The van der Waals surface area contributed by atoms with Crippen LogP contribution in [0.25, 0.3) is 0 Å². The largest absolute Gasteiger partial charge is 0.508 e. The molecular formula is C16H18N2O3. The van der Waals surface area contributed by atoms with E-state index in [9.17, 15) is 9.90 Å². The van der Waals surface area contributed by atoms with E-state index in [1.54, 1.807) is 18.2 Å². The van der Waals surface area contributed by atoms with E-state index >= 15 is 0 Å². The molecule has 2 rings (SSSR count). The van der Waals surface area contributed by atoms with Gasteiger partial charge in [-0.2, -0.15) is 0 Å². The molecule has 2 aromatic carbocycles. The van der Waals surface area contributed by atoms with Gasteiger partial charge in [0.25, 0.3) is 0 Å². The lowest BCUT2D eigenvalue weighted by Gasteiger charge is -2.09. The molecule has 5 heteroatoms. The van der Waals surface area contributed by atoms with Crippen molar-refractivity contribution in [3.05, 3.63) is 54.1 Å². The molecule has 0 saturated carbocycles. The van der Waals surface area contributed by atoms with Gasteiger partial charge in [-0.3, -0.25) is 4.79 Å². The normalized spacial score (nSPS) is 10.1. The fourth-order valence-corrected chi connectivity index (χ4v) is 1.91. The van der Waals surface area contributed by atoms with Crippen LogP contribution in [-0.4, -0.2) is 24.7 Å². The number of ether oxygens (including phenoxy) is 1. The van der Waals surface area contributed by atoms with Gasteiger partial charge in [-0.1, -0.05) is 18.2 Å². The molecule has 21 heavy (non-hydrogen) atoms. The van der Waals surface area contributed by atoms with Gasteiger partial charge in [0.1, 0.15) is 12.4 Å². The summed E-state index contributed by atoms with van der Waals surface area (Å²) >= 11 is 0. The number of carbonyl (C=O) groups is 1. The van der Waals surface area contributed by atoms with E-state index in [0.717, 1.165) is 11.3 Å². The van der Waals surface area contributed by atoms with Crippen LogP contribution in [0, 0.1) is 0 Å². The number of anilines is 2. The Labute approximate surface area is 123 Å². The number of methoxy groups -OCH3 is 1. The number of phenolic OH excluding ortho intramolecular Hbond substituents is 1. The van der Waals surface area contributed by atoms with Crippen LogP contribution in [0.5, 0.6) is 5.75 Å². The quantitative estimate of drug-likeness (QED) is 0.763. The van der Waals surface area contributed by atoms with Crippen LogP contribution in [0.4, 0.5) is 11.4 Å². The highest BCUT2D eigenvalue weighted by Crippen LogP contribution is 2.17. The van der Waals surface area contributed by atoms with E-state index < -0.39 is 0 Å². The minimum atomic E-state index is -0.192. The molecule has 0 aromatic heterocycles. The van der Waals surface area contributed by atoms with Crippen molar-refractivity contribution in [3.8, 4) is 5.75 Å². The van der Waals surface area contributed by atoms with E-state index in [-0.39, 0.29) is 18.3 Å². The van der Waals surface area contributed by atoms with E-state index in [1.165, 1.54) is 7.11 Å². The highest BCUT2D eigenvalue weighted by molar-refractivity contribution is 5.92. The third-order valence-corrected chi connectivity index (χ3v) is 2.83. The van der Waals surface area contributed by atoms with Crippen molar-refractivity contribution < 1.29 is 14.6 Å². The number of hydrogen-bond acceptors (Lipinski definition) is 4. The number of benzene rings is 2. The van der Waals surface area contributed by atoms with Crippen molar-refractivity contribution in [2.24, 2.45) is 0 Å². The molecule has 0 saturated heterocycles. The third-order valence-electron chi connectivity index (χ3n) is 2.83. The summed E-state index contributed by atoms with van der Waals surface area (Å²) in [5.41, 5.74) is 2.57. The number of phenols is 1. The minimum Gasteiger partial charge on any atom is -0.508 e. The zero-order valence-corrected chi connectivity index (χ0v) is 11.8. The topological polar surface area (TPSA) is 70.6 Å². The minimum absolute atomic E-state index is 0.0287. The maximum Gasteiger partial charge on any atom is 0.250 e. The molecule has 5 nitrogen and oxygen atoms in total. The van der Waals surface area contributed by atoms with E-state index in [4.69, 9.17) is 4.74 Å². The van der Waals surface area contributed by atoms with Gasteiger partial charge in [0.05, 0.1) is 0 Å². The Kier molecular flexibility index (Phi) is 5.17. The summed E-state index contributed by atoms with van der Waals surface area (Å²) in [5.74, 6) is 0.0533. The second-order valence-corrected chi connectivity index (χ2v) is 4.59. The second kappa shape index (κ2) is 7.31. The van der Waals surface area contributed by atoms with Crippen LogP contribution in [0.15, 0.2) is 48.5 Å². The zero-order valence-electron chi connectivity index (χ0n) is 11.8. The summed E-state index contributed by atoms with van der Waals surface area (Å²) in [7, 11) is 1.48. The van der Waals surface area contributed by atoms with Gasteiger partial charge in [-0.15, -0.1) is 0 Å². The van der Waals surface area contributed by atoms with Crippen molar-refractivity contribution in [2.45, 2.75) is 6.54 Å². The van der Waals surface area contributed by atoms with Crippen LogP contribution >= 0.6 is 0 Å². The average molecular weight is 286 g/mol. The van der Waals surface area contributed by atoms with Gasteiger partial charge in [0.2, 0.25) is 5.91 Å². The monoisotopic (exact) mass is 286 g/mol. The molecule has 0 aliphatic rings.